The zero-order valence-corrected chi connectivity index (χ0v) is 16.2. The maximum Gasteiger partial charge on any atom is 0.310 e. The van der Waals surface area contributed by atoms with Crippen LogP contribution in [0.2, 0.25) is 0 Å². The molecule has 0 heterocycles. The smallest absolute Gasteiger partial charge is 0.310 e. The van der Waals surface area contributed by atoms with E-state index in [1.165, 1.54) is 49.7 Å². The zero-order chi connectivity index (χ0) is 18.3. The molecule has 0 saturated heterocycles. The molecule has 0 N–H and O–H groups in total. The first-order chi connectivity index (χ1) is 12.7. The van der Waals surface area contributed by atoms with Crippen LogP contribution in [0, 0.1) is 35.5 Å². The van der Waals surface area contributed by atoms with Gasteiger partial charge in [0, 0.05) is 0 Å². The van der Waals surface area contributed by atoms with Gasteiger partial charge in [-0.25, -0.2) is 0 Å². The van der Waals surface area contributed by atoms with Crippen molar-refractivity contribution in [3.05, 3.63) is 11.1 Å². The van der Waals surface area contributed by atoms with Gasteiger partial charge in [-0.15, -0.1) is 0 Å². The summed E-state index contributed by atoms with van der Waals surface area (Å²) in [5.74, 6) is 0.577. The van der Waals surface area contributed by atoms with Gasteiger partial charge in [0.05, 0.1) is 25.0 Å². The summed E-state index contributed by atoms with van der Waals surface area (Å²) < 4.78 is 11.0. The Hall–Kier alpha value is -1.32. The third-order valence-electron chi connectivity index (χ3n) is 7.44. The number of ether oxygens (including phenoxy) is 2. The molecule has 0 spiro atoms. The van der Waals surface area contributed by atoms with Crippen molar-refractivity contribution >= 4 is 11.9 Å². The molecular weight excluding hydrogens is 328 g/mol. The van der Waals surface area contributed by atoms with E-state index < -0.39 is 0 Å². The number of carbonyl (C=O) groups is 2. The first-order valence-electron chi connectivity index (χ1n) is 10.7. The Labute approximate surface area is 156 Å². The molecule has 5 aliphatic rings. The van der Waals surface area contributed by atoms with Crippen molar-refractivity contribution in [3.63, 3.8) is 0 Å². The Morgan fingerprint density at radius 3 is 1.58 bits per heavy atom. The molecule has 4 heteroatoms. The second-order valence-electron chi connectivity index (χ2n) is 8.48. The van der Waals surface area contributed by atoms with Crippen LogP contribution in [0.4, 0.5) is 0 Å². The maximum atomic E-state index is 13.0. The highest BCUT2D eigenvalue weighted by Gasteiger charge is 2.62. The molecule has 5 aliphatic carbocycles. The largest absolute Gasteiger partial charge is 0.466 e. The van der Waals surface area contributed by atoms with Crippen LogP contribution in [0.3, 0.4) is 0 Å². The molecule has 5 rings (SSSR count). The lowest BCUT2D eigenvalue weighted by Crippen LogP contribution is -2.58. The van der Waals surface area contributed by atoms with Gasteiger partial charge in [-0.3, -0.25) is 9.59 Å². The Balaban J connectivity index is 1.81. The van der Waals surface area contributed by atoms with Crippen molar-refractivity contribution in [3.8, 4) is 0 Å². The Morgan fingerprint density at radius 1 is 0.769 bits per heavy atom. The molecule has 0 radical (unpaired) electrons. The molecule has 6 atom stereocenters. The Morgan fingerprint density at radius 2 is 1.19 bits per heavy atom. The summed E-state index contributed by atoms with van der Waals surface area (Å²) >= 11 is 0. The zero-order valence-electron chi connectivity index (χ0n) is 16.2. The van der Waals surface area contributed by atoms with E-state index >= 15 is 0 Å². The fourth-order valence-corrected chi connectivity index (χ4v) is 6.79. The number of hydrogen-bond acceptors (Lipinski definition) is 4. The summed E-state index contributed by atoms with van der Waals surface area (Å²) in [6.07, 6.45) is 9.59. The highest BCUT2D eigenvalue weighted by atomic mass is 16.5. The predicted molar refractivity (Wildman–Crippen MR) is 98.2 cm³/mol. The fraction of sp³-hybridized carbons (Fsp3) is 0.818. The second kappa shape index (κ2) is 7.36. The third-order valence-corrected chi connectivity index (χ3v) is 7.44. The maximum absolute atomic E-state index is 13.0. The standard InChI is InChI=1S/C22H32O4/c1-3-25-21(23)19-17-13-9-5-7-11-15(13)18(20(19)22(24)26-4-2)16-12-8-6-10-14(16)17/h13,15,17-20H,3-12H2,1-2H3. The van der Waals surface area contributed by atoms with Gasteiger partial charge < -0.3 is 9.47 Å². The molecule has 6 unspecified atom stereocenters. The molecule has 0 aliphatic heterocycles. The SMILES string of the molecule is CCOC(=O)C1C2C3=C(CCCC3)C(C3CCCCC32)C1C(=O)OCC. The third kappa shape index (κ3) is 2.71. The summed E-state index contributed by atoms with van der Waals surface area (Å²) in [5.41, 5.74) is 3.06. The minimum Gasteiger partial charge on any atom is -0.466 e. The molecular formula is C22H32O4. The predicted octanol–water partition coefficient (Wildman–Crippen LogP) is 4.28. The van der Waals surface area contributed by atoms with E-state index in [4.69, 9.17) is 9.47 Å². The first kappa shape index (κ1) is 18.1. The van der Waals surface area contributed by atoms with Gasteiger partial charge in [0.15, 0.2) is 0 Å². The molecule has 0 aromatic rings. The summed E-state index contributed by atoms with van der Waals surface area (Å²) in [4.78, 5) is 26.0. The lowest BCUT2D eigenvalue weighted by Gasteiger charge is -2.59. The van der Waals surface area contributed by atoms with E-state index in [0.29, 0.717) is 25.0 Å². The first-order valence-corrected chi connectivity index (χ1v) is 10.7. The average molecular weight is 360 g/mol. The number of hydrogen-bond donors (Lipinski definition) is 0. The van der Waals surface area contributed by atoms with Gasteiger partial charge in [0.2, 0.25) is 0 Å². The minimum absolute atomic E-state index is 0.165. The van der Waals surface area contributed by atoms with Crippen LogP contribution in [-0.4, -0.2) is 25.2 Å². The van der Waals surface area contributed by atoms with Crippen molar-refractivity contribution in [2.75, 3.05) is 13.2 Å². The number of allylic oxidation sites excluding steroid dienone is 2. The van der Waals surface area contributed by atoms with Crippen molar-refractivity contribution in [2.45, 2.75) is 65.2 Å². The minimum atomic E-state index is -0.324. The van der Waals surface area contributed by atoms with Crippen LogP contribution in [-0.2, 0) is 19.1 Å². The van der Waals surface area contributed by atoms with Crippen molar-refractivity contribution in [1.82, 2.24) is 0 Å². The van der Waals surface area contributed by atoms with Gasteiger partial charge in [0.1, 0.15) is 0 Å². The lowest BCUT2D eigenvalue weighted by molar-refractivity contribution is -0.175. The monoisotopic (exact) mass is 360 g/mol. The summed E-state index contributed by atoms with van der Waals surface area (Å²) in [7, 11) is 0. The van der Waals surface area contributed by atoms with Crippen LogP contribution < -0.4 is 0 Å². The van der Waals surface area contributed by atoms with E-state index in [-0.39, 0.29) is 35.6 Å². The number of rotatable bonds is 4. The Bertz CT molecular complexity index is 555. The second-order valence-corrected chi connectivity index (χ2v) is 8.48. The molecule has 26 heavy (non-hydrogen) atoms. The average Bonchev–Trinajstić information content (AvgIpc) is 2.67. The molecule has 144 valence electrons. The summed E-state index contributed by atoms with van der Waals surface area (Å²) in [6, 6.07) is 0. The number of fused-ring (bicyclic) bond motifs is 1. The molecule has 2 saturated carbocycles. The quantitative estimate of drug-likeness (QED) is 0.555. The van der Waals surface area contributed by atoms with Gasteiger partial charge in [-0.2, -0.15) is 0 Å². The van der Waals surface area contributed by atoms with E-state index in [1.807, 2.05) is 13.8 Å². The number of esters is 2. The van der Waals surface area contributed by atoms with Crippen LogP contribution in [0.1, 0.15) is 65.2 Å². The van der Waals surface area contributed by atoms with Gasteiger partial charge >= 0.3 is 11.9 Å². The van der Waals surface area contributed by atoms with E-state index in [0.717, 1.165) is 12.8 Å². The normalized spacial score (nSPS) is 38.4. The molecule has 0 amide bonds. The fourth-order valence-electron chi connectivity index (χ4n) is 6.79. The molecule has 0 aromatic heterocycles. The summed E-state index contributed by atoms with van der Waals surface area (Å²) in [6.45, 7) is 4.46. The lowest BCUT2D eigenvalue weighted by atomic mass is 9.44. The van der Waals surface area contributed by atoms with Crippen molar-refractivity contribution in [2.24, 2.45) is 35.5 Å². The van der Waals surface area contributed by atoms with E-state index in [9.17, 15) is 9.59 Å². The number of carbonyl (C=O) groups excluding carboxylic acids is 2. The molecule has 0 aromatic carbocycles. The van der Waals surface area contributed by atoms with Crippen LogP contribution in [0.15, 0.2) is 11.1 Å². The highest BCUT2D eigenvalue weighted by Crippen LogP contribution is 2.63. The summed E-state index contributed by atoms with van der Waals surface area (Å²) in [5, 5.41) is 0. The highest BCUT2D eigenvalue weighted by molar-refractivity contribution is 5.84. The van der Waals surface area contributed by atoms with Crippen molar-refractivity contribution < 1.29 is 19.1 Å². The molecule has 2 bridgehead atoms. The molecule has 2 fully saturated rings. The topological polar surface area (TPSA) is 52.6 Å². The van der Waals surface area contributed by atoms with Crippen LogP contribution in [0.25, 0.3) is 0 Å². The molecule has 4 nitrogen and oxygen atoms in total. The Kier molecular flexibility index (Phi) is 5.11. The van der Waals surface area contributed by atoms with Gasteiger partial charge in [-0.05, 0) is 76.0 Å². The van der Waals surface area contributed by atoms with E-state index in [1.54, 1.807) is 0 Å². The van der Waals surface area contributed by atoms with Gasteiger partial charge in [0.25, 0.3) is 0 Å². The van der Waals surface area contributed by atoms with Crippen molar-refractivity contribution in [1.29, 1.82) is 0 Å². The van der Waals surface area contributed by atoms with Crippen LogP contribution in [0.5, 0.6) is 0 Å². The van der Waals surface area contributed by atoms with E-state index in [2.05, 4.69) is 0 Å². The van der Waals surface area contributed by atoms with Gasteiger partial charge in [-0.1, -0.05) is 24.0 Å². The van der Waals surface area contributed by atoms with Crippen LogP contribution >= 0.6 is 0 Å².